The van der Waals surface area contributed by atoms with Crippen LogP contribution in [-0.4, -0.2) is 47.4 Å². The average Bonchev–Trinajstić information content (AvgIpc) is 3.02. The molecule has 0 atom stereocenters. The van der Waals surface area contributed by atoms with Gasteiger partial charge in [0.15, 0.2) is 5.76 Å². The van der Waals surface area contributed by atoms with Crippen molar-refractivity contribution in [3.05, 3.63) is 23.7 Å². The molecule has 120 valence electrons. The van der Waals surface area contributed by atoms with Gasteiger partial charge in [-0.3, -0.25) is 9.59 Å². The number of aromatic carboxylic acids is 1. The SMILES string of the molecule is CCCNC(=O)C1CCN(C(=O)c2cc(C(=O)O)co2)CC1. The molecule has 0 aliphatic carbocycles. The van der Waals surface area contributed by atoms with Crippen LogP contribution < -0.4 is 5.32 Å². The lowest BCUT2D eigenvalue weighted by Gasteiger charge is -2.30. The molecule has 0 spiro atoms. The largest absolute Gasteiger partial charge is 0.478 e. The first-order chi connectivity index (χ1) is 10.5. The number of furan rings is 1. The van der Waals surface area contributed by atoms with Gasteiger partial charge in [0.05, 0.1) is 5.56 Å². The van der Waals surface area contributed by atoms with Crippen LogP contribution in [0.2, 0.25) is 0 Å². The number of carboxylic acid groups (broad SMARTS) is 1. The Balaban J connectivity index is 1.89. The van der Waals surface area contributed by atoms with Crippen LogP contribution in [0.1, 0.15) is 47.1 Å². The molecule has 0 aromatic carbocycles. The van der Waals surface area contributed by atoms with Crippen molar-refractivity contribution in [3.63, 3.8) is 0 Å². The Morgan fingerprint density at radius 3 is 2.59 bits per heavy atom. The number of carbonyl (C=O) groups is 3. The standard InChI is InChI=1S/C15H20N2O5/c1-2-5-16-13(18)10-3-6-17(7-4-10)14(19)12-8-11(9-22-12)15(20)21/h8-10H,2-7H2,1H3,(H,16,18)(H,20,21). The summed E-state index contributed by atoms with van der Waals surface area (Å²) < 4.78 is 5.02. The smallest absolute Gasteiger partial charge is 0.338 e. The summed E-state index contributed by atoms with van der Waals surface area (Å²) in [6.45, 7) is 3.59. The average molecular weight is 308 g/mol. The zero-order chi connectivity index (χ0) is 16.1. The minimum Gasteiger partial charge on any atom is -0.478 e. The summed E-state index contributed by atoms with van der Waals surface area (Å²) in [7, 11) is 0. The maximum absolute atomic E-state index is 12.2. The van der Waals surface area contributed by atoms with Crippen molar-refractivity contribution in [3.8, 4) is 0 Å². The van der Waals surface area contributed by atoms with Crippen molar-refractivity contribution in [2.24, 2.45) is 5.92 Å². The van der Waals surface area contributed by atoms with Crippen molar-refractivity contribution < 1.29 is 23.9 Å². The van der Waals surface area contributed by atoms with Gasteiger partial charge in [0, 0.05) is 31.6 Å². The highest BCUT2D eigenvalue weighted by atomic mass is 16.4. The van der Waals surface area contributed by atoms with E-state index in [-0.39, 0.29) is 29.1 Å². The lowest BCUT2D eigenvalue weighted by atomic mass is 9.95. The number of carboxylic acids is 1. The third-order valence-electron chi connectivity index (χ3n) is 3.76. The van der Waals surface area contributed by atoms with Crippen molar-refractivity contribution in [2.45, 2.75) is 26.2 Å². The lowest BCUT2D eigenvalue weighted by molar-refractivity contribution is -0.126. The summed E-state index contributed by atoms with van der Waals surface area (Å²) in [6.07, 6.45) is 3.16. The number of amides is 2. The number of rotatable bonds is 5. The second kappa shape index (κ2) is 7.11. The summed E-state index contributed by atoms with van der Waals surface area (Å²) in [5, 5.41) is 11.7. The van der Waals surface area contributed by atoms with Crippen molar-refractivity contribution in [1.29, 1.82) is 0 Å². The predicted molar refractivity (Wildman–Crippen MR) is 77.6 cm³/mol. The van der Waals surface area contributed by atoms with Crippen LogP contribution in [-0.2, 0) is 4.79 Å². The van der Waals surface area contributed by atoms with Gasteiger partial charge in [-0.05, 0) is 19.3 Å². The van der Waals surface area contributed by atoms with Gasteiger partial charge in [-0.2, -0.15) is 0 Å². The molecule has 2 amide bonds. The van der Waals surface area contributed by atoms with Crippen LogP contribution >= 0.6 is 0 Å². The fourth-order valence-electron chi connectivity index (χ4n) is 2.45. The number of piperidine rings is 1. The van der Waals surface area contributed by atoms with E-state index in [0.29, 0.717) is 32.5 Å². The molecule has 1 aliphatic rings. The first-order valence-corrected chi connectivity index (χ1v) is 7.41. The van der Waals surface area contributed by atoms with Gasteiger partial charge in [0.2, 0.25) is 5.91 Å². The maximum atomic E-state index is 12.2. The minimum atomic E-state index is -1.13. The molecule has 2 N–H and O–H groups in total. The number of likely N-dealkylation sites (tertiary alicyclic amines) is 1. The van der Waals surface area contributed by atoms with Gasteiger partial charge >= 0.3 is 5.97 Å². The van der Waals surface area contributed by atoms with Crippen molar-refractivity contribution >= 4 is 17.8 Å². The Hall–Kier alpha value is -2.31. The quantitative estimate of drug-likeness (QED) is 0.855. The number of nitrogens with one attached hydrogen (secondary N) is 1. The van der Waals surface area contributed by atoms with Crippen LogP contribution in [0, 0.1) is 5.92 Å². The van der Waals surface area contributed by atoms with Crippen molar-refractivity contribution in [1.82, 2.24) is 10.2 Å². The van der Waals surface area contributed by atoms with Gasteiger partial charge < -0.3 is 19.7 Å². The first kappa shape index (κ1) is 16.1. The normalized spacial score (nSPS) is 15.6. The second-order valence-electron chi connectivity index (χ2n) is 5.36. The molecule has 1 fully saturated rings. The topological polar surface area (TPSA) is 99.9 Å². The second-order valence-corrected chi connectivity index (χ2v) is 5.36. The van der Waals surface area contributed by atoms with Crippen LogP contribution in [0.15, 0.2) is 16.7 Å². The Kier molecular flexibility index (Phi) is 5.19. The summed E-state index contributed by atoms with van der Waals surface area (Å²) in [5.41, 5.74) is -0.0443. The molecule has 7 heteroatoms. The number of carbonyl (C=O) groups excluding carboxylic acids is 2. The Bertz CT molecular complexity index is 558. The van der Waals surface area contributed by atoms with E-state index in [9.17, 15) is 14.4 Å². The van der Waals surface area contributed by atoms with E-state index in [1.54, 1.807) is 4.90 Å². The van der Waals surface area contributed by atoms with E-state index in [1.807, 2.05) is 6.92 Å². The molecule has 7 nitrogen and oxygen atoms in total. The molecule has 0 saturated carbocycles. The van der Waals surface area contributed by atoms with Gasteiger partial charge in [-0.1, -0.05) is 6.92 Å². The van der Waals surface area contributed by atoms with E-state index >= 15 is 0 Å². The summed E-state index contributed by atoms with van der Waals surface area (Å²) in [6, 6.07) is 1.23. The number of nitrogens with zero attached hydrogens (tertiary/aromatic N) is 1. The number of hydrogen-bond donors (Lipinski definition) is 2. The highest BCUT2D eigenvalue weighted by Crippen LogP contribution is 2.20. The molecule has 2 rings (SSSR count). The molecule has 2 heterocycles. The highest BCUT2D eigenvalue weighted by Gasteiger charge is 2.29. The fraction of sp³-hybridized carbons (Fsp3) is 0.533. The van der Waals surface area contributed by atoms with Gasteiger partial charge in [-0.15, -0.1) is 0 Å². The lowest BCUT2D eigenvalue weighted by Crippen LogP contribution is -2.43. The molecule has 1 aliphatic heterocycles. The maximum Gasteiger partial charge on any atom is 0.338 e. The van der Waals surface area contributed by atoms with Gasteiger partial charge in [-0.25, -0.2) is 4.79 Å². The minimum absolute atomic E-state index is 0.0197. The third kappa shape index (κ3) is 3.66. The van der Waals surface area contributed by atoms with E-state index in [4.69, 9.17) is 9.52 Å². The molecule has 1 aromatic rings. The zero-order valence-electron chi connectivity index (χ0n) is 12.5. The van der Waals surface area contributed by atoms with E-state index in [2.05, 4.69) is 5.32 Å². The zero-order valence-corrected chi connectivity index (χ0v) is 12.5. The van der Waals surface area contributed by atoms with E-state index in [0.717, 1.165) is 12.7 Å². The Morgan fingerprint density at radius 1 is 1.36 bits per heavy atom. The Morgan fingerprint density at radius 2 is 2.05 bits per heavy atom. The Labute approximate surface area is 128 Å². The highest BCUT2D eigenvalue weighted by molar-refractivity contribution is 5.95. The fourth-order valence-corrected chi connectivity index (χ4v) is 2.45. The molecule has 1 saturated heterocycles. The first-order valence-electron chi connectivity index (χ1n) is 7.41. The molecule has 0 unspecified atom stereocenters. The molecule has 1 aromatic heterocycles. The molecule has 22 heavy (non-hydrogen) atoms. The summed E-state index contributed by atoms with van der Waals surface area (Å²) >= 11 is 0. The van der Waals surface area contributed by atoms with Crippen LogP contribution in [0.25, 0.3) is 0 Å². The van der Waals surface area contributed by atoms with E-state index < -0.39 is 5.97 Å². The predicted octanol–water partition coefficient (Wildman–Crippen LogP) is 1.36. The van der Waals surface area contributed by atoms with Crippen LogP contribution in [0.4, 0.5) is 0 Å². The number of hydrogen-bond acceptors (Lipinski definition) is 4. The monoisotopic (exact) mass is 308 g/mol. The summed E-state index contributed by atoms with van der Waals surface area (Å²) in [5.74, 6) is -1.47. The van der Waals surface area contributed by atoms with Crippen molar-refractivity contribution in [2.75, 3.05) is 19.6 Å². The van der Waals surface area contributed by atoms with Gasteiger partial charge in [0.25, 0.3) is 5.91 Å². The molecular weight excluding hydrogens is 288 g/mol. The third-order valence-corrected chi connectivity index (χ3v) is 3.76. The molecule has 0 bridgehead atoms. The molecule has 0 radical (unpaired) electrons. The molecular formula is C15H20N2O5. The van der Waals surface area contributed by atoms with Gasteiger partial charge in [0.1, 0.15) is 6.26 Å². The van der Waals surface area contributed by atoms with Crippen LogP contribution in [0.3, 0.4) is 0 Å². The van der Waals surface area contributed by atoms with Crippen LogP contribution in [0.5, 0.6) is 0 Å². The van der Waals surface area contributed by atoms with E-state index in [1.165, 1.54) is 6.07 Å². The summed E-state index contributed by atoms with van der Waals surface area (Å²) in [4.78, 5) is 36.5.